The third-order valence-corrected chi connectivity index (χ3v) is 9.28. The van der Waals surface area contributed by atoms with E-state index in [-0.39, 0.29) is 0 Å². The van der Waals surface area contributed by atoms with E-state index in [2.05, 4.69) is 173 Å². The van der Waals surface area contributed by atoms with Crippen LogP contribution in [0, 0.1) is 0 Å². The third kappa shape index (κ3) is 5.26. The van der Waals surface area contributed by atoms with E-state index in [1.165, 1.54) is 0 Å². The van der Waals surface area contributed by atoms with Crippen LogP contribution in [0.3, 0.4) is 0 Å². The fraction of sp³-hybridized carbons (Fsp3) is 0. The maximum Gasteiger partial charge on any atom is 0.138 e. The van der Waals surface area contributed by atoms with Crippen LogP contribution in [-0.4, -0.2) is 17.8 Å². The smallest absolute Gasteiger partial charge is 0.138 e. The van der Waals surface area contributed by atoms with Gasteiger partial charge < -0.3 is 14.8 Å². The predicted molar refractivity (Wildman–Crippen MR) is 211 cm³/mol. The molecular weight excluding hydrogens is 607 g/mol. The minimum absolute atomic E-state index is 0.726. The molecule has 0 amide bonds. The number of aromatic amines is 1. The number of para-hydroxylation sites is 4. The number of fused-ring (bicyclic) bond motifs is 6. The van der Waals surface area contributed by atoms with Gasteiger partial charge in [-0.1, -0.05) is 115 Å². The molecule has 8 aromatic carbocycles. The van der Waals surface area contributed by atoms with Gasteiger partial charge in [-0.15, -0.1) is 0 Å². The van der Waals surface area contributed by atoms with Crippen LogP contribution in [0.25, 0.3) is 44.0 Å². The lowest BCUT2D eigenvalue weighted by Gasteiger charge is -2.27. The minimum Gasteiger partial charge on any atom is -0.337 e. The average molecular weight is 639 g/mol. The summed E-state index contributed by atoms with van der Waals surface area (Å²) in [5.41, 5.74) is 10.2. The first-order valence-corrected chi connectivity index (χ1v) is 16.8. The molecule has 0 aliphatic rings. The molecule has 234 valence electrons. The Morgan fingerprint density at radius 2 is 0.820 bits per heavy atom. The van der Waals surface area contributed by atoms with Crippen molar-refractivity contribution >= 4 is 80.0 Å². The Hall–Kier alpha value is -6.59. The van der Waals surface area contributed by atoms with Crippen LogP contribution in [0.5, 0.6) is 0 Å². The van der Waals surface area contributed by atoms with Crippen LogP contribution < -0.4 is 15.3 Å². The second kappa shape index (κ2) is 12.5. The van der Waals surface area contributed by atoms with E-state index in [9.17, 15) is 0 Å². The highest BCUT2D eigenvalue weighted by Gasteiger charge is 2.20. The molecule has 9 aromatic rings. The lowest BCUT2D eigenvalue weighted by molar-refractivity contribution is 1.29. The minimum atomic E-state index is 0.726. The number of aromatic nitrogens is 2. The van der Waals surface area contributed by atoms with Gasteiger partial charge in [0, 0.05) is 50.5 Å². The monoisotopic (exact) mass is 638 g/mol. The van der Waals surface area contributed by atoms with Crippen molar-refractivity contribution in [3.8, 4) is 11.4 Å². The molecule has 50 heavy (non-hydrogen) atoms. The molecule has 9 rings (SSSR count). The zero-order valence-corrected chi connectivity index (χ0v) is 27.2. The number of H-pyrrole nitrogens is 1. The number of hydrogen-bond donors (Lipinski definition) is 1. The van der Waals surface area contributed by atoms with Gasteiger partial charge in [0.25, 0.3) is 0 Å². The molecule has 0 aliphatic heterocycles. The maximum absolute atomic E-state index is 6.04. The third-order valence-electron chi connectivity index (χ3n) is 9.28. The molecule has 1 N–H and O–H groups in total. The number of nitrogens with zero attached hydrogens (tertiary/aromatic N) is 3. The van der Waals surface area contributed by atoms with Gasteiger partial charge >= 0.3 is 0 Å². The number of nitrogens with one attached hydrogen (secondary N) is 1. The van der Waals surface area contributed by atoms with Crippen LogP contribution in [0.2, 0.25) is 0 Å². The van der Waals surface area contributed by atoms with Crippen molar-refractivity contribution in [3.63, 3.8) is 0 Å². The SMILES string of the molecule is [B]c1ccc(-c2nc3c4ccc(N(c5ccccc5)c5ccccc5)cc4c4cc(N(c5ccccc5)c5ccccc5)ccc4c3[nH]2)cc1. The van der Waals surface area contributed by atoms with Crippen LogP contribution in [0.15, 0.2) is 182 Å². The molecule has 2 radical (unpaired) electrons. The summed E-state index contributed by atoms with van der Waals surface area (Å²) in [6.45, 7) is 0. The molecule has 1 aromatic heterocycles. The molecular formula is C45H31BN4. The number of imidazole rings is 1. The normalized spacial score (nSPS) is 11.3. The van der Waals surface area contributed by atoms with Gasteiger partial charge in [0.1, 0.15) is 13.7 Å². The highest BCUT2D eigenvalue weighted by atomic mass is 15.1. The lowest BCUT2D eigenvalue weighted by atomic mass is 9.95. The van der Waals surface area contributed by atoms with Crippen molar-refractivity contribution in [2.75, 3.05) is 9.80 Å². The molecule has 4 nitrogen and oxygen atoms in total. The zero-order chi connectivity index (χ0) is 33.4. The van der Waals surface area contributed by atoms with Crippen LogP contribution in [-0.2, 0) is 0 Å². The molecule has 0 saturated heterocycles. The van der Waals surface area contributed by atoms with Gasteiger partial charge in [0.05, 0.1) is 11.0 Å². The van der Waals surface area contributed by atoms with E-state index in [0.29, 0.717) is 0 Å². The standard InChI is InChI=1S/C45H31BN4/c46-32-23-21-31(22-24-32)45-47-43-39-27-25-37(49(33-13-5-1-6-14-33)34-15-7-2-8-16-34)29-41(39)42-30-38(26-28-40(42)44(43)48-45)50(35-17-9-3-10-18-35)36-19-11-4-12-20-36/h1-30H,(H,47,48). The highest BCUT2D eigenvalue weighted by Crippen LogP contribution is 2.43. The molecule has 0 unspecified atom stereocenters. The Morgan fingerprint density at radius 3 is 1.28 bits per heavy atom. The van der Waals surface area contributed by atoms with Crippen molar-refractivity contribution in [3.05, 3.63) is 182 Å². The second-order valence-corrected chi connectivity index (χ2v) is 12.4. The van der Waals surface area contributed by atoms with E-state index >= 15 is 0 Å². The number of benzene rings is 8. The van der Waals surface area contributed by atoms with Crippen LogP contribution >= 0.6 is 0 Å². The van der Waals surface area contributed by atoms with E-state index in [0.717, 1.165) is 83.6 Å². The molecule has 5 heteroatoms. The summed E-state index contributed by atoms with van der Waals surface area (Å²) in [6, 6.07) is 63.5. The van der Waals surface area contributed by atoms with Gasteiger partial charge in [-0.05, 0) is 83.6 Å². The topological polar surface area (TPSA) is 35.2 Å². The van der Waals surface area contributed by atoms with Crippen molar-refractivity contribution in [2.45, 2.75) is 0 Å². The number of hydrogen-bond acceptors (Lipinski definition) is 3. The van der Waals surface area contributed by atoms with Crippen molar-refractivity contribution in [1.82, 2.24) is 9.97 Å². The zero-order valence-electron chi connectivity index (χ0n) is 27.2. The first-order valence-electron chi connectivity index (χ1n) is 16.8. The molecule has 0 fully saturated rings. The summed E-state index contributed by atoms with van der Waals surface area (Å²) in [5.74, 6) is 0.812. The van der Waals surface area contributed by atoms with Gasteiger partial charge in [0.2, 0.25) is 0 Å². The molecule has 1 heterocycles. The Kier molecular flexibility index (Phi) is 7.36. The van der Waals surface area contributed by atoms with Crippen LogP contribution in [0.4, 0.5) is 34.1 Å². The Morgan fingerprint density at radius 1 is 0.400 bits per heavy atom. The summed E-state index contributed by atoms with van der Waals surface area (Å²) in [4.78, 5) is 13.5. The van der Waals surface area contributed by atoms with Gasteiger partial charge in [-0.3, -0.25) is 0 Å². The first-order chi connectivity index (χ1) is 24.7. The van der Waals surface area contributed by atoms with Gasteiger partial charge in [-0.2, -0.15) is 0 Å². The summed E-state index contributed by atoms with van der Waals surface area (Å²) >= 11 is 0. The lowest BCUT2D eigenvalue weighted by Crippen LogP contribution is -2.10. The Balaban J connectivity index is 1.33. The van der Waals surface area contributed by atoms with E-state index < -0.39 is 0 Å². The molecule has 0 saturated carbocycles. The Labute approximate surface area is 292 Å². The van der Waals surface area contributed by atoms with Crippen LogP contribution in [0.1, 0.15) is 0 Å². The average Bonchev–Trinajstić information content (AvgIpc) is 3.63. The van der Waals surface area contributed by atoms with Gasteiger partial charge in [0.15, 0.2) is 0 Å². The largest absolute Gasteiger partial charge is 0.337 e. The maximum atomic E-state index is 6.04. The molecule has 0 aliphatic carbocycles. The number of rotatable bonds is 7. The Bertz CT molecular complexity index is 2350. The van der Waals surface area contributed by atoms with Crippen molar-refractivity contribution in [1.29, 1.82) is 0 Å². The summed E-state index contributed by atoms with van der Waals surface area (Å²) < 4.78 is 0. The summed E-state index contributed by atoms with van der Waals surface area (Å²) in [5, 5.41) is 4.45. The van der Waals surface area contributed by atoms with Crippen molar-refractivity contribution < 1.29 is 0 Å². The quantitative estimate of drug-likeness (QED) is 0.139. The highest BCUT2D eigenvalue weighted by molar-refractivity contribution is 6.32. The van der Waals surface area contributed by atoms with Crippen molar-refractivity contribution in [2.24, 2.45) is 0 Å². The second-order valence-electron chi connectivity index (χ2n) is 12.4. The first kappa shape index (κ1) is 29.5. The summed E-state index contributed by atoms with van der Waals surface area (Å²) in [7, 11) is 6.04. The molecule has 0 bridgehead atoms. The predicted octanol–water partition coefficient (Wildman–Crippen LogP) is 11.3. The summed E-state index contributed by atoms with van der Waals surface area (Å²) in [6.07, 6.45) is 0. The molecule has 0 atom stereocenters. The van der Waals surface area contributed by atoms with E-state index in [4.69, 9.17) is 12.8 Å². The fourth-order valence-electron chi connectivity index (χ4n) is 6.96. The van der Waals surface area contributed by atoms with E-state index in [1.54, 1.807) is 0 Å². The van der Waals surface area contributed by atoms with E-state index in [1.807, 2.05) is 24.3 Å². The van der Waals surface area contributed by atoms with Gasteiger partial charge in [-0.25, -0.2) is 4.98 Å². The fourth-order valence-corrected chi connectivity index (χ4v) is 6.96. The molecule has 0 spiro atoms. The number of anilines is 6.